The van der Waals surface area contributed by atoms with Gasteiger partial charge in [0.15, 0.2) is 0 Å². The van der Waals surface area contributed by atoms with Crippen LogP contribution in [0.15, 0.2) is 18.2 Å². The third kappa shape index (κ3) is 2.27. The Morgan fingerprint density at radius 1 is 1.24 bits per heavy atom. The van der Waals surface area contributed by atoms with Crippen molar-refractivity contribution in [3.63, 3.8) is 0 Å². The van der Waals surface area contributed by atoms with Gasteiger partial charge in [0, 0.05) is 11.1 Å². The Balaban J connectivity index is 1.85. The monoisotopic (exact) mass is 303 g/mol. The fraction of sp³-hybridized carbons (Fsp3) is 0.588. The molecule has 3 nitrogen and oxygen atoms in total. The average molecular weight is 304 g/mol. The molecule has 0 unspecified atom stereocenters. The van der Waals surface area contributed by atoms with Gasteiger partial charge >= 0.3 is 0 Å². The molecule has 0 spiro atoms. The van der Waals surface area contributed by atoms with Crippen molar-refractivity contribution in [3.8, 4) is 0 Å². The normalized spacial score (nSPS) is 30.0. The van der Waals surface area contributed by atoms with Gasteiger partial charge in [-0.3, -0.25) is 0 Å². The van der Waals surface area contributed by atoms with Crippen LogP contribution in [0.4, 0.5) is 0 Å². The first-order chi connectivity index (χ1) is 10.1. The Morgan fingerprint density at radius 2 is 1.95 bits per heavy atom. The third-order valence-corrected chi connectivity index (χ3v) is 5.41. The number of benzene rings is 1. The lowest BCUT2D eigenvalue weighted by molar-refractivity contribution is 0.231. The van der Waals surface area contributed by atoms with E-state index < -0.39 is 0 Å². The highest BCUT2D eigenvalue weighted by Gasteiger charge is 2.39. The van der Waals surface area contributed by atoms with E-state index in [2.05, 4.69) is 17.6 Å². The summed E-state index contributed by atoms with van der Waals surface area (Å²) in [6.07, 6.45) is 6.97. The molecule has 2 aromatic rings. The van der Waals surface area contributed by atoms with Gasteiger partial charge in [0.1, 0.15) is 5.82 Å². The van der Waals surface area contributed by atoms with Gasteiger partial charge in [-0.1, -0.05) is 18.5 Å². The Kier molecular flexibility index (Phi) is 3.05. The van der Waals surface area contributed by atoms with Crippen LogP contribution in [0.5, 0.6) is 0 Å². The number of nitrogens with zero attached hydrogens (tertiary/aromatic N) is 2. The van der Waals surface area contributed by atoms with Gasteiger partial charge in [-0.05, 0) is 62.6 Å². The van der Waals surface area contributed by atoms with Gasteiger partial charge in [-0.25, -0.2) is 4.98 Å². The average Bonchev–Trinajstić information content (AvgIpc) is 3.23. The highest BCUT2D eigenvalue weighted by Crippen LogP contribution is 2.44. The summed E-state index contributed by atoms with van der Waals surface area (Å²) in [5, 5.41) is 0.748. The molecule has 2 saturated carbocycles. The van der Waals surface area contributed by atoms with E-state index in [0.717, 1.165) is 35.1 Å². The van der Waals surface area contributed by atoms with Gasteiger partial charge in [0.25, 0.3) is 0 Å². The van der Waals surface area contributed by atoms with Crippen LogP contribution in [0.25, 0.3) is 11.0 Å². The smallest absolute Gasteiger partial charge is 0.130 e. The van der Waals surface area contributed by atoms with Crippen molar-refractivity contribution in [1.82, 2.24) is 9.55 Å². The summed E-state index contributed by atoms with van der Waals surface area (Å²) >= 11 is 6.13. The summed E-state index contributed by atoms with van der Waals surface area (Å²) in [6, 6.07) is 6.61. The Labute approximate surface area is 130 Å². The van der Waals surface area contributed by atoms with Crippen LogP contribution in [-0.4, -0.2) is 9.55 Å². The first kappa shape index (κ1) is 13.6. The molecule has 1 aromatic carbocycles. The zero-order valence-corrected chi connectivity index (χ0v) is 13.2. The number of nitrogens with two attached hydrogens (primary N) is 1. The molecule has 0 bridgehead atoms. The number of hydrogen-bond donors (Lipinski definition) is 1. The van der Waals surface area contributed by atoms with Crippen molar-refractivity contribution in [2.75, 3.05) is 0 Å². The Hall–Kier alpha value is -1.06. The molecule has 4 rings (SSSR count). The second kappa shape index (κ2) is 4.72. The van der Waals surface area contributed by atoms with Gasteiger partial charge < -0.3 is 10.3 Å². The van der Waals surface area contributed by atoms with Crippen molar-refractivity contribution < 1.29 is 0 Å². The molecule has 2 fully saturated rings. The molecule has 0 aliphatic heterocycles. The van der Waals surface area contributed by atoms with Crippen LogP contribution < -0.4 is 5.73 Å². The highest BCUT2D eigenvalue weighted by atomic mass is 35.5. The molecule has 2 N–H and O–H groups in total. The number of halogens is 1. The molecule has 0 saturated heterocycles. The predicted molar refractivity (Wildman–Crippen MR) is 86.5 cm³/mol. The maximum atomic E-state index is 6.79. The van der Waals surface area contributed by atoms with Crippen molar-refractivity contribution in [2.24, 2.45) is 11.7 Å². The third-order valence-electron chi connectivity index (χ3n) is 5.18. The van der Waals surface area contributed by atoms with Crippen LogP contribution in [0.2, 0.25) is 5.02 Å². The first-order valence-electron chi connectivity index (χ1n) is 8.04. The molecular formula is C17H22ClN3. The van der Waals surface area contributed by atoms with Gasteiger partial charge in [0.05, 0.1) is 16.6 Å². The minimum atomic E-state index is -0.263. The number of hydrogen-bond acceptors (Lipinski definition) is 2. The Morgan fingerprint density at radius 3 is 2.62 bits per heavy atom. The van der Waals surface area contributed by atoms with Crippen LogP contribution in [0.3, 0.4) is 0 Å². The molecule has 1 heterocycles. The highest BCUT2D eigenvalue weighted by molar-refractivity contribution is 6.31. The largest absolute Gasteiger partial charge is 0.323 e. The van der Waals surface area contributed by atoms with Gasteiger partial charge in [0.2, 0.25) is 0 Å². The van der Waals surface area contributed by atoms with Crippen LogP contribution in [0, 0.1) is 5.92 Å². The molecule has 1 aromatic heterocycles. The van der Waals surface area contributed by atoms with E-state index in [0.29, 0.717) is 6.04 Å². The quantitative estimate of drug-likeness (QED) is 0.894. The van der Waals surface area contributed by atoms with Crippen LogP contribution in [-0.2, 0) is 5.54 Å². The second-order valence-corrected chi connectivity index (χ2v) is 7.44. The number of imidazole rings is 1. The standard InChI is InChI=1S/C17H22ClN3/c1-11-6-8-17(19,9-7-11)16-20-14-10-12(18)2-5-15(14)21(16)13-3-4-13/h2,5,10-11,13H,3-4,6-9,19H2,1H3. The summed E-state index contributed by atoms with van der Waals surface area (Å²) in [4.78, 5) is 4.91. The fourth-order valence-electron chi connectivity index (χ4n) is 3.63. The van der Waals surface area contributed by atoms with E-state index >= 15 is 0 Å². The SMILES string of the molecule is CC1CCC(N)(c2nc3cc(Cl)ccc3n2C2CC2)CC1. The van der Waals surface area contributed by atoms with Crippen molar-refractivity contribution in [1.29, 1.82) is 0 Å². The molecule has 0 radical (unpaired) electrons. The molecule has 0 atom stereocenters. The lowest BCUT2D eigenvalue weighted by atomic mass is 9.77. The number of aromatic nitrogens is 2. The van der Waals surface area contributed by atoms with Gasteiger partial charge in [-0.15, -0.1) is 0 Å². The summed E-state index contributed by atoms with van der Waals surface area (Å²) in [7, 11) is 0. The molecule has 2 aliphatic carbocycles. The van der Waals surface area contributed by atoms with E-state index in [1.54, 1.807) is 0 Å². The van der Waals surface area contributed by atoms with Crippen molar-refractivity contribution >= 4 is 22.6 Å². The van der Waals surface area contributed by atoms with Crippen molar-refractivity contribution in [2.45, 2.75) is 57.0 Å². The van der Waals surface area contributed by atoms with E-state index in [-0.39, 0.29) is 5.54 Å². The Bertz CT molecular complexity index is 679. The molecule has 21 heavy (non-hydrogen) atoms. The summed E-state index contributed by atoms with van der Waals surface area (Å²) in [5.74, 6) is 1.88. The second-order valence-electron chi connectivity index (χ2n) is 7.01. The topological polar surface area (TPSA) is 43.8 Å². The lowest BCUT2D eigenvalue weighted by Gasteiger charge is -2.36. The molecular weight excluding hydrogens is 282 g/mol. The maximum absolute atomic E-state index is 6.79. The summed E-state index contributed by atoms with van der Waals surface area (Å²) in [5.41, 5.74) is 8.72. The zero-order chi connectivity index (χ0) is 14.6. The number of rotatable bonds is 2. The van der Waals surface area contributed by atoms with E-state index in [9.17, 15) is 0 Å². The fourth-order valence-corrected chi connectivity index (χ4v) is 3.79. The first-order valence-corrected chi connectivity index (χ1v) is 8.41. The van der Waals surface area contributed by atoms with Crippen LogP contribution >= 0.6 is 11.6 Å². The van der Waals surface area contributed by atoms with Crippen LogP contribution in [0.1, 0.15) is 57.3 Å². The molecule has 112 valence electrons. The molecule has 0 amide bonds. The van der Waals surface area contributed by atoms with Gasteiger partial charge in [-0.2, -0.15) is 0 Å². The molecule has 2 aliphatic rings. The number of fused-ring (bicyclic) bond motifs is 1. The minimum absolute atomic E-state index is 0.263. The van der Waals surface area contributed by atoms with E-state index in [1.807, 2.05) is 12.1 Å². The van der Waals surface area contributed by atoms with E-state index in [1.165, 1.54) is 31.2 Å². The van der Waals surface area contributed by atoms with E-state index in [4.69, 9.17) is 22.3 Å². The zero-order valence-electron chi connectivity index (χ0n) is 12.5. The predicted octanol–water partition coefficient (Wildman–Crippen LogP) is 4.39. The minimum Gasteiger partial charge on any atom is -0.323 e. The van der Waals surface area contributed by atoms with Crippen molar-refractivity contribution in [3.05, 3.63) is 29.0 Å². The summed E-state index contributed by atoms with van der Waals surface area (Å²) < 4.78 is 2.40. The summed E-state index contributed by atoms with van der Waals surface area (Å²) in [6.45, 7) is 2.32. The molecule has 4 heteroatoms. The lowest BCUT2D eigenvalue weighted by Crippen LogP contribution is -2.42. The maximum Gasteiger partial charge on any atom is 0.130 e.